The Morgan fingerprint density at radius 1 is 1.60 bits per heavy atom. The molecule has 0 aliphatic carbocycles. The predicted molar refractivity (Wildman–Crippen MR) is 22.5 cm³/mol. The minimum atomic E-state index is 1.06. The number of rotatable bonds is 0. The van der Waals surface area contributed by atoms with E-state index in [0.717, 1.165) is 4.89 Å². The van der Waals surface area contributed by atoms with Crippen LogP contribution in [0, 0.1) is 0 Å². The summed E-state index contributed by atoms with van der Waals surface area (Å²) in [6.07, 6.45) is 2.97. The van der Waals surface area contributed by atoms with E-state index in [0.29, 0.717) is 0 Å². The summed E-state index contributed by atoms with van der Waals surface area (Å²) in [5.41, 5.74) is 0. The maximum absolute atomic E-state index is 2.31. The van der Waals surface area contributed by atoms with Crippen LogP contribution in [0.4, 0.5) is 0 Å². The second-order valence-electron chi connectivity index (χ2n) is 1.63. The normalized spacial score (nSPS) is 20.2. The molecule has 0 unspecified atom stereocenters. The summed E-state index contributed by atoms with van der Waals surface area (Å²) < 4.78 is 0. The van der Waals surface area contributed by atoms with Gasteiger partial charge in [0.15, 0.2) is 0 Å². The fourth-order valence-electron chi connectivity index (χ4n) is 0.408. The molecule has 0 aromatic carbocycles. The molecule has 1 saturated heterocycles. The Hall–Kier alpha value is 0.844. The first-order valence-corrected chi connectivity index (χ1v) is 3.01. The van der Waals surface area contributed by atoms with Crippen molar-refractivity contribution in [2.24, 2.45) is 0 Å². The van der Waals surface area contributed by atoms with E-state index in [4.69, 9.17) is 0 Å². The molecule has 0 saturated carbocycles. The third-order valence-electron chi connectivity index (χ3n) is 1.11. The van der Waals surface area contributed by atoms with Crippen LogP contribution >= 0.6 is 0 Å². The van der Waals surface area contributed by atoms with E-state index in [1.165, 1.54) is 19.7 Å². The second kappa shape index (κ2) is 1.53. The van der Waals surface area contributed by atoms with Crippen LogP contribution in [-0.2, 0) is 20.2 Å². The van der Waals surface area contributed by atoms with E-state index in [1.54, 1.807) is 0 Å². The summed E-state index contributed by atoms with van der Waals surface area (Å²) >= 11 is 2.31. The van der Waals surface area contributed by atoms with Crippen LogP contribution in [0.1, 0.15) is 0 Å². The van der Waals surface area contributed by atoms with Gasteiger partial charge in [0, 0.05) is 0 Å². The molecule has 0 atom stereocenters. The Balaban J connectivity index is 2.08. The standard InChI is InChI=1S/C2H5B2.Ti/c1-3-2-4-1;/h3H,1-2H2;/q+1;-1. The van der Waals surface area contributed by atoms with Crippen LogP contribution in [0.25, 0.3) is 0 Å². The molecule has 0 amide bonds. The zero-order chi connectivity index (χ0) is 3.70. The molecule has 1 aliphatic heterocycles. The van der Waals surface area contributed by atoms with E-state index >= 15 is 0 Å². The summed E-state index contributed by atoms with van der Waals surface area (Å²) in [6, 6.07) is 0. The zero-order valence-electron chi connectivity index (χ0n) is 3.20. The van der Waals surface area contributed by atoms with Crippen LogP contribution in [0.3, 0.4) is 0 Å². The number of hydrogen-bond acceptors (Lipinski definition) is 0. The minimum absolute atomic E-state index is 1.06. The van der Waals surface area contributed by atoms with Crippen molar-refractivity contribution in [3.8, 4) is 0 Å². The molecule has 1 fully saturated rings. The molecule has 0 bridgehead atoms. The Bertz CT molecular complexity index is 34.6. The Morgan fingerprint density at radius 2 is 2.00 bits per heavy atom. The summed E-state index contributed by atoms with van der Waals surface area (Å²) in [5, 5.41) is 0. The molecule has 0 spiro atoms. The van der Waals surface area contributed by atoms with E-state index in [-0.39, 0.29) is 0 Å². The van der Waals surface area contributed by atoms with Crippen molar-refractivity contribution in [3.63, 3.8) is 0 Å². The topological polar surface area (TPSA) is 0 Å². The first kappa shape index (κ1) is 4.02. The Labute approximate surface area is 45.2 Å². The van der Waals surface area contributed by atoms with Gasteiger partial charge in [-0.05, 0) is 0 Å². The van der Waals surface area contributed by atoms with Crippen LogP contribution in [0.15, 0.2) is 0 Å². The molecule has 1 heterocycles. The summed E-state index contributed by atoms with van der Waals surface area (Å²) in [4.78, 5) is 1.06. The third kappa shape index (κ3) is 0.837. The van der Waals surface area contributed by atoms with Gasteiger partial charge in [-0.15, -0.1) is 0 Å². The zero-order valence-corrected chi connectivity index (χ0v) is 4.76. The monoisotopic (exact) mass is 99.0 g/mol. The van der Waals surface area contributed by atoms with Crippen molar-refractivity contribution >= 4 is 12.2 Å². The van der Waals surface area contributed by atoms with Crippen LogP contribution in [-0.4, -0.2) is 12.2 Å². The van der Waals surface area contributed by atoms with Gasteiger partial charge in [-0.2, -0.15) is 0 Å². The number of hydrogen-bond donors (Lipinski definition) is 0. The second-order valence-corrected chi connectivity index (χ2v) is 2.90. The van der Waals surface area contributed by atoms with E-state index in [2.05, 4.69) is 20.2 Å². The molecule has 0 aromatic heterocycles. The average Bonchev–Trinajstić information content (AvgIpc) is 1.30. The van der Waals surface area contributed by atoms with Gasteiger partial charge in [-0.25, -0.2) is 0 Å². The van der Waals surface area contributed by atoms with Gasteiger partial charge in [0.05, 0.1) is 0 Å². The molecule has 23 valence electrons. The van der Waals surface area contributed by atoms with Gasteiger partial charge < -0.3 is 0 Å². The quantitative estimate of drug-likeness (QED) is 0.371. The van der Waals surface area contributed by atoms with Gasteiger partial charge in [-0.1, -0.05) is 0 Å². The van der Waals surface area contributed by atoms with Crippen LogP contribution < -0.4 is 0 Å². The molecule has 1 aliphatic rings. The summed E-state index contributed by atoms with van der Waals surface area (Å²) in [7, 11) is 1.49. The van der Waals surface area contributed by atoms with Crippen molar-refractivity contribution in [2.75, 3.05) is 0 Å². The summed E-state index contributed by atoms with van der Waals surface area (Å²) in [6.45, 7) is 0. The fourth-order valence-corrected chi connectivity index (χ4v) is 1.05. The first-order chi connectivity index (χ1) is 2.39. The molecule has 5 heavy (non-hydrogen) atoms. The van der Waals surface area contributed by atoms with Gasteiger partial charge in [-0.3, -0.25) is 0 Å². The Kier molecular flexibility index (Phi) is 1.23. The molecule has 0 nitrogen and oxygen atoms in total. The molecule has 1 rings (SSSR count). The van der Waals surface area contributed by atoms with Crippen molar-refractivity contribution in [1.82, 2.24) is 0 Å². The van der Waals surface area contributed by atoms with E-state index in [9.17, 15) is 0 Å². The van der Waals surface area contributed by atoms with Gasteiger partial charge in [0.2, 0.25) is 0 Å². The Morgan fingerprint density at radius 3 is 2.00 bits per heavy atom. The van der Waals surface area contributed by atoms with Gasteiger partial charge in [0.1, 0.15) is 0 Å². The van der Waals surface area contributed by atoms with Crippen molar-refractivity contribution in [3.05, 3.63) is 0 Å². The SMILES string of the molecule is [Ti][B]1CBC1. The van der Waals surface area contributed by atoms with Crippen molar-refractivity contribution < 1.29 is 20.2 Å². The molecular formula is C2H5B2Ti. The van der Waals surface area contributed by atoms with Crippen LogP contribution in [0.5, 0.6) is 0 Å². The van der Waals surface area contributed by atoms with Gasteiger partial charge >= 0.3 is 44.8 Å². The first-order valence-electron chi connectivity index (χ1n) is 2.11. The van der Waals surface area contributed by atoms with Gasteiger partial charge in [0.25, 0.3) is 0 Å². The summed E-state index contributed by atoms with van der Waals surface area (Å²) in [5.74, 6) is 0. The third-order valence-corrected chi connectivity index (χ3v) is 2.01. The van der Waals surface area contributed by atoms with E-state index < -0.39 is 0 Å². The average molecular weight is 98.6 g/mol. The maximum atomic E-state index is 2.31. The molecular weight excluding hydrogens is 93.5 g/mol. The molecule has 0 radical (unpaired) electrons. The predicted octanol–water partition coefficient (Wildman–Crippen LogP) is -0.110. The van der Waals surface area contributed by atoms with Crippen LogP contribution in [0.2, 0.25) is 12.4 Å². The van der Waals surface area contributed by atoms with E-state index in [1.807, 2.05) is 0 Å². The fraction of sp³-hybridized carbons (Fsp3) is 1.00. The van der Waals surface area contributed by atoms with Crippen molar-refractivity contribution in [2.45, 2.75) is 12.4 Å². The van der Waals surface area contributed by atoms with Crippen molar-refractivity contribution in [1.29, 1.82) is 0 Å². The molecule has 0 aromatic rings. The molecule has 3 heteroatoms. The molecule has 0 N–H and O–H groups in total.